The maximum atomic E-state index is 13.5. The largest absolute Gasteiger partial charge is 0.493 e. The molecule has 4 bridgehead atoms. The van der Waals surface area contributed by atoms with E-state index in [9.17, 15) is 14.4 Å². The summed E-state index contributed by atoms with van der Waals surface area (Å²) in [5.41, 5.74) is 0.414. The van der Waals surface area contributed by atoms with Gasteiger partial charge in [-0.05, 0) is 81.4 Å². The summed E-state index contributed by atoms with van der Waals surface area (Å²) in [6.07, 6.45) is 7.23. The van der Waals surface area contributed by atoms with Gasteiger partial charge in [-0.1, -0.05) is 0 Å². The van der Waals surface area contributed by atoms with Crippen molar-refractivity contribution in [3.63, 3.8) is 0 Å². The van der Waals surface area contributed by atoms with Gasteiger partial charge in [0.1, 0.15) is 0 Å². The van der Waals surface area contributed by atoms with Crippen LogP contribution < -0.4 is 9.47 Å². The molecule has 6 rings (SSSR count). The summed E-state index contributed by atoms with van der Waals surface area (Å²) in [4.78, 5) is 41.6. The summed E-state index contributed by atoms with van der Waals surface area (Å²) in [6.45, 7) is 3.68. The molecule has 5 fully saturated rings. The molecular formula is C26H34N2O5. The fourth-order valence-electron chi connectivity index (χ4n) is 7.10. The van der Waals surface area contributed by atoms with Crippen molar-refractivity contribution < 1.29 is 23.9 Å². The number of carbonyl (C=O) groups excluding carboxylic acids is 3. The van der Waals surface area contributed by atoms with Gasteiger partial charge in [-0.3, -0.25) is 14.4 Å². The highest BCUT2D eigenvalue weighted by atomic mass is 16.5. The molecule has 4 aliphatic carbocycles. The summed E-state index contributed by atoms with van der Waals surface area (Å²) in [5.74, 6) is 3.31. The number of hydrogen-bond acceptors (Lipinski definition) is 5. The van der Waals surface area contributed by atoms with Crippen molar-refractivity contribution in [2.24, 2.45) is 23.2 Å². The maximum Gasteiger partial charge on any atom is 0.260 e. The van der Waals surface area contributed by atoms with E-state index >= 15 is 0 Å². The molecule has 0 radical (unpaired) electrons. The molecule has 1 saturated heterocycles. The Morgan fingerprint density at radius 2 is 1.48 bits per heavy atom. The number of Topliss-reactive ketones (excluding diaryl/α,β-unsaturated/α-hetero) is 1. The lowest BCUT2D eigenvalue weighted by molar-refractivity contribution is -0.160. The standard InChI is InChI=1S/C26H34N2O5/c1-17(29)21-3-4-22(23(12-21)32-2)33-16-24(30)27-5-7-28(8-6-27)25(31)26-13-18-9-19(14-26)11-20(10-18)15-26/h3-4,12,18-20H,5-11,13-16H2,1-2H3. The average molecular weight is 455 g/mol. The molecule has 0 spiro atoms. The second-order valence-electron chi connectivity index (χ2n) is 10.6. The fourth-order valence-corrected chi connectivity index (χ4v) is 7.10. The van der Waals surface area contributed by atoms with Crippen molar-refractivity contribution >= 4 is 17.6 Å². The van der Waals surface area contributed by atoms with Gasteiger partial charge in [-0.2, -0.15) is 0 Å². The van der Waals surface area contributed by atoms with Crippen LogP contribution >= 0.6 is 0 Å². The van der Waals surface area contributed by atoms with Crippen molar-refractivity contribution in [1.82, 2.24) is 9.80 Å². The lowest BCUT2D eigenvalue weighted by atomic mass is 9.49. The highest BCUT2D eigenvalue weighted by molar-refractivity contribution is 5.94. The van der Waals surface area contributed by atoms with E-state index in [0.29, 0.717) is 49.1 Å². The number of piperazine rings is 1. The maximum absolute atomic E-state index is 13.5. The number of ether oxygens (including phenoxy) is 2. The van der Waals surface area contributed by atoms with Gasteiger partial charge in [-0.15, -0.1) is 0 Å². The lowest BCUT2D eigenvalue weighted by Crippen LogP contribution is -2.58. The Balaban J connectivity index is 1.14. The lowest BCUT2D eigenvalue weighted by Gasteiger charge is -2.57. The second-order valence-corrected chi connectivity index (χ2v) is 10.6. The molecule has 1 aromatic rings. The molecule has 1 heterocycles. The molecule has 1 aliphatic heterocycles. The number of rotatable bonds is 6. The normalized spacial score (nSPS) is 30.3. The van der Waals surface area contributed by atoms with Crippen LogP contribution in [0.25, 0.3) is 0 Å². The number of amides is 2. The predicted octanol–water partition coefficient (Wildman–Crippen LogP) is 3.16. The van der Waals surface area contributed by atoms with Gasteiger partial charge in [-0.25, -0.2) is 0 Å². The van der Waals surface area contributed by atoms with Crippen molar-refractivity contribution in [2.45, 2.75) is 45.4 Å². The van der Waals surface area contributed by atoms with Gasteiger partial charge in [0.05, 0.1) is 12.5 Å². The molecule has 0 N–H and O–H groups in total. The molecule has 1 aromatic carbocycles. The number of methoxy groups -OCH3 is 1. The molecule has 33 heavy (non-hydrogen) atoms. The zero-order valence-corrected chi connectivity index (χ0v) is 19.7. The van der Waals surface area contributed by atoms with Crippen LogP contribution in [0.15, 0.2) is 18.2 Å². The first-order valence-corrected chi connectivity index (χ1v) is 12.3. The van der Waals surface area contributed by atoms with E-state index in [-0.39, 0.29) is 23.7 Å². The van der Waals surface area contributed by atoms with Crippen LogP contribution in [0, 0.1) is 23.2 Å². The third-order valence-corrected chi connectivity index (χ3v) is 8.33. The van der Waals surface area contributed by atoms with Gasteiger partial charge in [0.25, 0.3) is 5.91 Å². The number of ketones is 1. The molecule has 178 valence electrons. The first kappa shape index (κ1) is 22.2. The first-order chi connectivity index (χ1) is 15.9. The Labute approximate surface area is 195 Å². The third-order valence-electron chi connectivity index (χ3n) is 8.33. The fraction of sp³-hybridized carbons (Fsp3) is 0.654. The van der Waals surface area contributed by atoms with E-state index in [0.717, 1.165) is 37.0 Å². The predicted molar refractivity (Wildman–Crippen MR) is 122 cm³/mol. The zero-order valence-electron chi connectivity index (χ0n) is 19.7. The molecular weight excluding hydrogens is 420 g/mol. The van der Waals surface area contributed by atoms with Crippen LogP contribution in [-0.2, 0) is 9.59 Å². The number of nitrogens with zero attached hydrogens (tertiary/aromatic N) is 2. The van der Waals surface area contributed by atoms with Crippen molar-refractivity contribution in [3.8, 4) is 11.5 Å². The van der Waals surface area contributed by atoms with Gasteiger partial charge >= 0.3 is 0 Å². The average Bonchev–Trinajstić information content (AvgIpc) is 2.81. The van der Waals surface area contributed by atoms with Crippen molar-refractivity contribution in [2.75, 3.05) is 39.9 Å². The smallest absolute Gasteiger partial charge is 0.260 e. The summed E-state index contributed by atoms with van der Waals surface area (Å²) < 4.78 is 11.0. The third kappa shape index (κ3) is 4.22. The van der Waals surface area contributed by atoms with Gasteiger partial charge in [0, 0.05) is 31.7 Å². The van der Waals surface area contributed by atoms with Gasteiger partial charge < -0.3 is 19.3 Å². The number of carbonyl (C=O) groups is 3. The van der Waals surface area contributed by atoms with E-state index in [4.69, 9.17) is 9.47 Å². The minimum atomic E-state index is -0.118. The van der Waals surface area contributed by atoms with Crippen LogP contribution in [0.4, 0.5) is 0 Å². The van der Waals surface area contributed by atoms with E-state index in [1.165, 1.54) is 33.3 Å². The molecule has 4 saturated carbocycles. The molecule has 7 heteroatoms. The second kappa shape index (κ2) is 8.65. The molecule has 0 atom stereocenters. The molecule has 0 unspecified atom stereocenters. The van der Waals surface area contributed by atoms with Gasteiger partial charge in [0.15, 0.2) is 23.9 Å². The minimum absolute atomic E-state index is 0.0584. The monoisotopic (exact) mass is 454 g/mol. The van der Waals surface area contributed by atoms with E-state index in [1.54, 1.807) is 23.1 Å². The molecule has 2 amide bonds. The molecule has 0 aromatic heterocycles. The Kier molecular flexibility index (Phi) is 5.83. The summed E-state index contributed by atoms with van der Waals surface area (Å²) in [6, 6.07) is 4.95. The quantitative estimate of drug-likeness (QED) is 0.617. The number of benzene rings is 1. The Bertz CT molecular complexity index is 915. The Hall–Kier alpha value is -2.57. The SMILES string of the molecule is COc1cc(C(C)=O)ccc1OCC(=O)N1CCN(C(=O)C23CC4CC(CC(C4)C2)C3)CC1. The summed E-state index contributed by atoms with van der Waals surface area (Å²) >= 11 is 0. The topological polar surface area (TPSA) is 76.2 Å². The minimum Gasteiger partial charge on any atom is -0.493 e. The highest BCUT2D eigenvalue weighted by Gasteiger charge is 2.55. The summed E-state index contributed by atoms with van der Waals surface area (Å²) in [7, 11) is 1.51. The highest BCUT2D eigenvalue weighted by Crippen LogP contribution is 2.60. The van der Waals surface area contributed by atoms with Gasteiger partial charge in [0.2, 0.25) is 5.91 Å². The molecule has 7 nitrogen and oxygen atoms in total. The van der Waals surface area contributed by atoms with E-state index in [2.05, 4.69) is 0 Å². The zero-order chi connectivity index (χ0) is 23.2. The van der Waals surface area contributed by atoms with E-state index < -0.39 is 0 Å². The molecule has 5 aliphatic rings. The van der Waals surface area contributed by atoms with Crippen LogP contribution in [0.1, 0.15) is 55.8 Å². The number of hydrogen-bond donors (Lipinski definition) is 0. The van der Waals surface area contributed by atoms with Crippen molar-refractivity contribution in [3.05, 3.63) is 23.8 Å². The first-order valence-electron chi connectivity index (χ1n) is 12.3. The van der Waals surface area contributed by atoms with Crippen molar-refractivity contribution in [1.29, 1.82) is 0 Å². The van der Waals surface area contributed by atoms with Crippen LogP contribution in [-0.4, -0.2) is 67.3 Å². The summed E-state index contributed by atoms with van der Waals surface area (Å²) in [5, 5.41) is 0. The Morgan fingerprint density at radius 1 is 0.909 bits per heavy atom. The van der Waals surface area contributed by atoms with E-state index in [1.807, 2.05) is 4.90 Å². The van der Waals surface area contributed by atoms with Crippen LogP contribution in [0.3, 0.4) is 0 Å². The Morgan fingerprint density at radius 3 is 2.03 bits per heavy atom. The van der Waals surface area contributed by atoms with Crippen LogP contribution in [0.5, 0.6) is 11.5 Å². The van der Waals surface area contributed by atoms with Crippen LogP contribution in [0.2, 0.25) is 0 Å².